The van der Waals surface area contributed by atoms with Gasteiger partial charge in [0.1, 0.15) is 6.42 Å². The second-order valence-corrected chi connectivity index (χ2v) is 3.19. The molecule has 0 N–H and O–H groups in total. The number of hydrogen-bond donors (Lipinski definition) is 0. The van der Waals surface area contributed by atoms with Crippen LogP contribution in [0.2, 0.25) is 0 Å². The fourth-order valence-corrected chi connectivity index (χ4v) is 0.884. The Bertz CT molecular complexity index is 347. The van der Waals surface area contributed by atoms with Gasteiger partial charge in [0.05, 0.1) is 13.0 Å². The van der Waals surface area contributed by atoms with Gasteiger partial charge in [-0.1, -0.05) is 0 Å². The monoisotopic (exact) mass is 276 g/mol. The second-order valence-electron chi connectivity index (χ2n) is 3.19. The summed E-state index contributed by atoms with van der Waals surface area (Å²) in [5, 5.41) is 0. The molecule has 4 nitrogen and oxygen atoms in total. The SMILES string of the molecule is CCOC(=O)CC(=O)CC(=O)C(F)(F)C(F)(F)F. The molecule has 0 heterocycles. The largest absolute Gasteiger partial charge is 0.466 e. The number of alkyl halides is 5. The Labute approximate surface area is 98.1 Å². The van der Waals surface area contributed by atoms with E-state index in [1.54, 1.807) is 0 Å². The molecule has 0 atom stereocenters. The minimum absolute atomic E-state index is 0.0846. The van der Waals surface area contributed by atoms with Crippen LogP contribution in [0.4, 0.5) is 22.0 Å². The molecule has 104 valence electrons. The molecule has 0 spiro atoms. The molecule has 0 saturated carbocycles. The van der Waals surface area contributed by atoms with Crippen molar-refractivity contribution in [2.45, 2.75) is 31.9 Å². The lowest BCUT2D eigenvalue weighted by Gasteiger charge is -2.17. The van der Waals surface area contributed by atoms with Gasteiger partial charge < -0.3 is 4.74 Å². The number of hydrogen-bond acceptors (Lipinski definition) is 4. The Morgan fingerprint density at radius 1 is 1.00 bits per heavy atom. The molecule has 0 aliphatic carbocycles. The third-order valence-electron chi connectivity index (χ3n) is 1.71. The van der Waals surface area contributed by atoms with Crippen molar-refractivity contribution in [3.05, 3.63) is 0 Å². The highest BCUT2D eigenvalue weighted by Gasteiger charge is 2.62. The highest BCUT2D eigenvalue weighted by Crippen LogP contribution is 2.36. The first-order chi connectivity index (χ1) is 8.02. The van der Waals surface area contributed by atoms with Crippen LogP contribution in [-0.4, -0.2) is 36.2 Å². The first kappa shape index (κ1) is 16.5. The zero-order valence-corrected chi connectivity index (χ0v) is 9.14. The van der Waals surface area contributed by atoms with E-state index in [0.29, 0.717) is 0 Å². The first-order valence-electron chi connectivity index (χ1n) is 4.67. The van der Waals surface area contributed by atoms with Crippen LogP contribution in [0.25, 0.3) is 0 Å². The topological polar surface area (TPSA) is 60.4 Å². The maximum atomic E-state index is 12.4. The summed E-state index contributed by atoms with van der Waals surface area (Å²) >= 11 is 0. The third kappa shape index (κ3) is 4.38. The number of carbonyl (C=O) groups excluding carboxylic acids is 3. The van der Waals surface area contributed by atoms with Gasteiger partial charge in [0.2, 0.25) is 5.78 Å². The number of Topliss-reactive ketones (excluding diaryl/α,β-unsaturated/α-hetero) is 2. The van der Waals surface area contributed by atoms with Crippen LogP contribution < -0.4 is 0 Å². The van der Waals surface area contributed by atoms with Crippen LogP contribution in [0, 0.1) is 0 Å². The average Bonchev–Trinajstić information content (AvgIpc) is 2.15. The Morgan fingerprint density at radius 3 is 1.89 bits per heavy atom. The molecular formula is C9H9F5O4. The molecule has 0 aliphatic heterocycles. The van der Waals surface area contributed by atoms with Crippen LogP contribution >= 0.6 is 0 Å². The normalized spacial score (nSPS) is 12.1. The quantitative estimate of drug-likeness (QED) is 0.420. The molecule has 0 fully saturated rings. The van der Waals surface area contributed by atoms with Gasteiger partial charge in [-0.05, 0) is 6.92 Å². The van der Waals surface area contributed by atoms with Crippen LogP contribution in [0.15, 0.2) is 0 Å². The van der Waals surface area contributed by atoms with Crippen molar-refractivity contribution >= 4 is 17.5 Å². The van der Waals surface area contributed by atoms with Gasteiger partial charge in [-0.3, -0.25) is 14.4 Å². The van der Waals surface area contributed by atoms with E-state index in [2.05, 4.69) is 4.74 Å². The molecule has 0 aliphatic rings. The van der Waals surface area contributed by atoms with Crippen LogP contribution in [-0.2, 0) is 19.1 Å². The summed E-state index contributed by atoms with van der Waals surface area (Å²) in [7, 11) is 0. The molecule has 0 aromatic heterocycles. The van der Waals surface area contributed by atoms with Crippen molar-refractivity contribution in [2.75, 3.05) is 6.61 Å². The van der Waals surface area contributed by atoms with E-state index < -0.39 is 42.5 Å². The lowest BCUT2D eigenvalue weighted by molar-refractivity contribution is -0.268. The average molecular weight is 276 g/mol. The van der Waals surface area contributed by atoms with Gasteiger partial charge in [-0.15, -0.1) is 0 Å². The van der Waals surface area contributed by atoms with Gasteiger partial charge in [0.15, 0.2) is 5.78 Å². The van der Waals surface area contributed by atoms with E-state index in [1.165, 1.54) is 6.92 Å². The number of rotatable bonds is 6. The molecule has 0 saturated heterocycles. The number of halogens is 5. The molecule has 0 unspecified atom stereocenters. The van der Waals surface area contributed by atoms with Crippen molar-refractivity contribution in [3.63, 3.8) is 0 Å². The van der Waals surface area contributed by atoms with Crippen molar-refractivity contribution in [2.24, 2.45) is 0 Å². The smallest absolute Gasteiger partial charge is 0.461 e. The van der Waals surface area contributed by atoms with Crippen molar-refractivity contribution in [1.82, 2.24) is 0 Å². The highest BCUT2D eigenvalue weighted by molar-refractivity contribution is 6.07. The Kier molecular flexibility index (Phi) is 5.37. The Balaban J connectivity index is 4.50. The maximum Gasteiger partial charge on any atom is 0.461 e. The predicted molar refractivity (Wildman–Crippen MR) is 46.9 cm³/mol. The summed E-state index contributed by atoms with van der Waals surface area (Å²) in [5.41, 5.74) is 0. The Morgan fingerprint density at radius 2 is 1.50 bits per heavy atom. The van der Waals surface area contributed by atoms with Crippen molar-refractivity contribution in [1.29, 1.82) is 0 Å². The summed E-state index contributed by atoms with van der Waals surface area (Å²) in [6.45, 7) is 1.32. The summed E-state index contributed by atoms with van der Waals surface area (Å²) < 4.78 is 64.4. The number of ether oxygens (including phenoxy) is 1. The van der Waals surface area contributed by atoms with Gasteiger partial charge >= 0.3 is 18.1 Å². The zero-order valence-electron chi connectivity index (χ0n) is 9.14. The molecule has 0 radical (unpaired) electrons. The van der Waals surface area contributed by atoms with E-state index >= 15 is 0 Å². The highest BCUT2D eigenvalue weighted by atomic mass is 19.4. The molecule has 0 amide bonds. The fraction of sp³-hybridized carbons (Fsp3) is 0.667. The van der Waals surface area contributed by atoms with E-state index in [4.69, 9.17) is 0 Å². The minimum Gasteiger partial charge on any atom is -0.466 e. The fourth-order valence-electron chi connectivity index (χ4n) is 0.884. The predicted octanol–water partition coefficient (Wildman–Crippen LogP) is 1.67. The molecule has 18 heavy (non-hydrogen) atoms. The molecule has 0 rings (SSSR count). The van der Waals surface area contributed by atoms with Crippen LogP contribution in [0.1, 0.15) is 19.8 Å². The molecular weight excluding hydrogens is 267 g/mol. The number of ketones is 2. The summed E-state index contributed by atoms with van der Waals surface area (Å²) in [6, 6.07) is 0. The van der Waals surface area contributed by atoms with Gasteiger partial charge in [0.25, 0.3) is 0 Å². The van der Waals surface area contributed by atoms with Gasteiger partial charge in [-0.2, -0.15) is 22.0 Å². The van der Waals surface area contributed by atoms with E-state index in [0.717, 1.165) is 0 Å². The van der Waals surface area contributed by atoms with E-state index in [9.17, 15) is 36.3 Å². The molecule has 0 aromatic carbocycles. The van der Waals surface area contributed by atoms with Crippen molar-refractivity contribution in [3.8, 4) is 0 Å². The minimum atomic E-state index is -6.06. The second kappa shape index (κ2) is 5.87. The zero-order chi connectivity index (χ0) is 14.6. The first-order valence-corrected chi connectivity index (χ1v) is 4.67. The Hall–Kier alpha value is -1.54. The molecule has 0 aromatic rings. The van der Waals surface area contributed by atoms with E-state index in [-0.39, 0.29) is 6.61 Å². The summed E-state index contributed by atoms with van der Waals surface area (Å²) in [4.78, 5) is 32.2. The van der Waals surface area contributed by atoms with Crippen LogP contribution in [0.5, 0.6) is 0 Å². The lowest BCUT2D eigenvalue weighted by Crippen LogP contribution is -2.44. The number of carbonyl (C=O) groups is 3. The number of esters is 1. The molecule has 0 bridgehead atoms. The van der Waals surface area contributed by atoms with Gasteiger partial charge in [0, 0.05) is 0 Å². The van der Waals surface area contributed by atoms with Crippen molar-refractivity contribution < 1.29 is 41.1 Å². The van der Waals surface area contributed by atoms with E-state index in [1.807, 2.05) is 0 Å². The van der Waals surface area contributed by atoms with Crippen LogP contribution in [0.3, 0.4) is 0 Å². The molecule has 9 heteroatoms. The van der Waals surface area contributed by atoms with Gasteiger partial charge in [-0.25, -0.2) is 0 Å². The summed E-state index contributed by atoms with van der Waals surface area (Å²) in [6.07, 6.45) is -8.76. The maximum absolute atomic E-state index is 12.4. The lowest BCUT2D eigenvalue weighted by atomic mass is 10.1. The third-order valence-corrected chi connectivity index (χ3v) is 1.71. The summed E-state index contributed by atoms with van der Waals surface area (Å²) in [5.74, 6) is -10.6. The standard InChI is InChI=1S/C9H9F5O4/c1-2-18-7(17)4-5(15)3-6(16)8(10,11)9(12,13)14/h2-4H2,1H3.